The Kier molecular flexibility index (Phi) is 4.15. The summed E-state index contributed by atoms with van der Waals surface area (Å²) in [4.78, 5) is 24.2. The summed E-state index contributed by atoms with van der Waals surface area (Å²) in [6, 6.07) is 9.66. The number of hydrogen-bond donors (Lipinski definition) is 0. The number of ketones is 1. The topological polar surface area (TPSA) is 43.4 Å². The third kappa shape index (κ3) is 2.75. The van der Waals surface area contributed by atoms with E-state index in [1.54, 1.807) is 13.0 Å². The maximum atomic E-state index is 12.1. The maximum Gasteiger partial charge on any atom is 0.323 e. The summed E-state index contributed by atoms with van der Waals surface area (Å²) in [5.74, 6) is -0.442. The van der Waals surface area contributed by atoms with Crippen LogP contribution in [0, 0.1) is 5.41 Å². The minimum absolute atomic E-state index is 0.0295. The van der Waals surface area contributed by atoms with Gasteiger partial charge in [-0.2, -0.15) is 0 Å². The summed E-state index contributed by atoms with van der Waals surface area (Å²) in [5, 5.41) is 0. The lowest BCUT2D eigenvalue weighted by atomic mass is 9.84. The molecule has 3 nitrogen and oxygen atoms in total. The molecule has 2 rings (SSSR count). The molecule has 1 unspecified atom stereocenters. The summed E-state index contributed by atoms with van der Waals surface area (Å²) in [5.41, 5.74) is -0.0860. The molecule has 100 valence electrons. The largest absolute Gasteiger partial charge is 0.465 e. The molecule has 0 spiro atoms. The molecular weight excluding hydrogens is 240 g/mol. The number of carbonyl (C=O) groups excluding carboxylic acids is 2. The lowest BCUT2D eigenvalue weighted by molar-refractivity contribution is -0.155. The molecular formula is C16H18O3. The summed E-state index contributed by atoms with van der Waals surface area (Å²) in [6.07, 6.45) is 5.30. The highest BCUT2D eigenvalue weighted by atomic mass is 16.5. The van der Waals surface area contributed by atoms with Gasteiger partial charge in [0.25, 0.3) is 0 Å². The van der Waals surface area contributed by atoms with E-state index in [0.717, 1.165) is 12.0 Å². The van der Waals surface area contributed by atoms with Gasteiger partial charge < -0.3 is 4.74 Å². The molecule has 1 aliphatic rings. The van der Waals surface area contributed by atoms with Crippen molar-refractivity contribution in [2.24, 2.45) is 5.41 Å². The van der Waals surface area contributed by atoms with Crippen LogP contribution in [-0.4, -0.2) is 18.4 Å². The van der Waals surface area contributed by atoms with E-state index in [1.165, 1.54) is 0 Å². The van der Waals surface area contributed by atoms with Crippen LogP contribution in [0.15, 0.2) is 36.4 Å². The van der Waals surface area contributed by atoms with Crippen molar-refractivity contribution in [1.82, 2.24) is 0 Å². The summed E-state index contributed by atoms with van der Waals surface area (Å²) in [7, 11) is 0. The van der Waals surface area contributed by atoms with E-state index in [2.05, 4.69) is 0 Å². The fourth-order valence-electron chi connectivity index (χ4n) is 2.41. The molecule has 0 aliphatic heterocycles. The van der Waals surface area contributed by atoms with Gasteiger partial charge in [-0.3, -0.25) is 9.59 Å². The van der Waals surface area contributed by atoms with Gasteiger partial charge in [-0.1, -0.05) is 42.5 Å². The van der Waals surface area contributed by atoms with Crippen LogP contribution in [0.3, 0.4) is 0 Å². The highest BCUT2D eigenvalue weighted by molar-refractivity contribution is 6.07. The van der Waals surface area contributed by atoms with E-state index >= 15 is 0 Å². The van der Waals surface area contributed by atoms with Crippen LogP contribution in [-0.2, 0) is 14.3 Å². The van der Waals surface area contributed by atoms with E-state index in [-0.39, 0.29) is 5.78 Å². The predicted octanol–water partition coefficient (Wildman–Crippen LogP) is 3.00. The van der Waals surface area contributed by atoms with Crippen molar-refractivity contribution in [2.45, 2.75) is 26.2 Å². The van der Waals surface area contributed by atoms with Crippen LogP contribution in [0.2, 0.25) is 0 Å². The third-order valence-electron chi connectivity index (χ3n) is 3.47. The quantitative estimate of drug-likeness (QED) is 0.616. The number of hydrogen-bond acceptors (Lipinski definition) is 3. The van der Waals surface area contributed by atoms with E-state index in [4.69, 9.17) is 4.74 Å². The Hall–Kier alpha value is -1.90. The average Bonchev–Trinajstić information content (AvgIpc) is 2.80. The van der Waals surface area contributed by atoms with Crippen LogP contribution in [0.25, 0.3) is 6.08 Å². The second kappa shape index (κ2) is 5.83. The highest BCUT2D eigenvalue weighted by Crippen LogP contribution is 2.38. The van der Waals surface area contributed by atoms with Crippen molar-refractivity contribution in [2.75, 3.05) is 6.61 Å². The van der Waals surface area contributed by atoms with Crippen LogP contribution < -0.4 is 0 Å². The molecule has 19 heavy (non-hydrogen) atoms. The molecule has 1 fully saturated rings. The second-order valence-corrected chi connectivity index (χ2v) is 4.71. The van der Waals surface area contributed by atoms with Gasteiger partial charge in [0.05, 0.1) is 6.61 Å². The van der Waals surface area contributed by atoms with E-state index < -0.39 is 11.4 Å². The monoisotopic (exact) mass is 258 g/mol. The van der Waals surface area contributed by atoms with Gasteiger partial charge in [0.2, 0.25) is 0 Å². The Morgan fingerprint density at radius 2 is 2.11 bits per heavy atom. The summed E-state index contributed by atoms with van der Waals surface area (Å²) < 4.78 is 5.08. The molecule has 0 heterocycles. The Bertz CT molecular complexity index is 490. The van der Waals surface area contributed by atoms with Crippen LogP contribution in [0.1, 0.15) is 31.7 Å². The van der Waals surface area contributed by atoms with E-state index in [9.17, 15) is 9.59 Å². The molecule has 1 saturated carbocycles. The molecule has 0 N–H and O–H groups in total. The van der Waals surface area contributed by atoms with Gasteiger partial charge in [-0.25, -0.2) is 0 Å². The van der Waals surface area contributed by atoms with Crippen LogP contribution >= 0.6 is 0 Å². The molecule has 0 saturated heterocycles. The molecule has 3 heteroatoms. The molecule has 0 aromatic heterocycles. The summed E-state index contributed by atoms with van der Waals surface area (Å²) >= 11 is 0. The SMILES string of the molecule is CCOC(=O)C1(/C=C/c2ccccc2)CCCC1=O. The zero-order chi connectivity index (χ0) is 13.7. The normalized spacial score (nSPS) is 22.9. The first-order valence-electron chi connectivity index (χ1n) is 6.64. The Labute approximate surface area is 113 Å². The van der Waals surface area contributed by atoms with Gasteiger partial charge in [0, 0.05) is 6.42 Å². The van der Waals surface area contributed by atoms with Crippen LogP contribution in [0.5, 0.6) is 0 Å². The Morgan fingerprint density at radius 1 is 1.37 bits per heavy atom. The molecule has 1 atom stereocenters. The van der Waals surface area contributed by atoms with Crippen molar-refractivity contribution in [3.05, 3.63) is 42.0 Å². The highest BCUT2D eigenvalue weighted by Gasteiger charge is 2.47. The zero-order valence-corrected chi connectivity index (χ0v) is 11.1. The zero-order valence-electron chi connectivity index (χ0n) is 11.1. The number of carbonyl (C=O) groups is 2. The van der Waals surface area contributed by atoms with Crippen molar-refractivity contribution in [1.29, 1.82) is 0 Å². The first-order valence-corrected chi connectivity index (χ1v) is 6.64. The van der Waals surface area contributed by atoms with Crippen LogP contribution in [0.4, 0.5) is 0 Å². The smallest absolute Gasteiger partial charge is 0.323 e. The fourth-order valence-corrected chi connectivity index (χ4v) is 2.41. The van der Waals surface area contributed by atoms with Gasteiger partial charge >= 0.3 is 5.97 Å². The number of ether oxygens (including phenoxy) is 1. The van der Waals surface area contributed by atoms with Crippen molar-refractivity contribution >= 4 is 17.8 Å². The first kappa shape index (κ1) is 13.5. The van der Waals surface area contributed by atoms with Crippen molar-refractivity contribution < 1.29 is 14.3 Å². The van der Waals surface area contributed by atoms with Crippen molar-refractivity contribution in [3.63, 3.8) is 0 Å². The predicted molar refractivity (Wildman–Crippen MR) is 73.4 cm³/mol. The van der Waals surface area contributed by atoms with Crippen molar-refractivity contribution in [3.8, 4) is 0 Å². The molecule has 0 amide bonds. The Morgan fingerprint density at radius 3 is 2.68 bits per heavy atom. The summed E-state index contributed by atoms with van der Waals surface area (Å²) in [6.45, 7) is 2.05. The molecule has 1 aromatic carbocycles. The fraction of sp³-hybridized carbons (Fsp3) is 0.375. The third-order valence-corrected chi connectivity index (χ3v) is 3.47. The number of Topliss-reactive ketones (excluding diaryl/α,β-unsaturated/α-hetero) is 1. The van der Waals surface area contributed by atoms with Gasteiger partial charge in [0.15, 0.2) is 5.78 Å². The number of benzene rings is 1. The molecule has 0 bridgehead atoms. The number of esters is 1. The average molecular weight is 258 g/mol. The first-order chi connectivity index (χ1) is 9.19. The standard InChI is InChI=1S/C16H18O3/c1-2-19-15(18)16(11-6-9-14(16)17)12-10-13-7-4-3-5-8-13/h3-5,7-8,10,12H,2,6,9,11H2,1H3/b12-10+. The minimum atomic E-state index is -1.06. The molecule has 1 aliphatic carbocycles. The lowest BCUT2D eigenvalue weighted by Gasteiger charge is -2.20. The van der Waals surface area contributed by atoms with Gasteiger partial charge in [-0.05, 0) is 25.3 Å². The second-order valence-electron chi connectivity index (χ2n) is 4.71. The number of rotatable bonds is 4. The maximum absolute atomic E-state index is 12.1. The lowest BCUT2D eigenvalue weighted by Crippen LogP contribution is -2.35. The molecule has 1 aromatic rings. The van der Waals surface area contributed by atoms with E-state index in [1.807, 2.05) is 36.4 Å². The molecule has 0 radical (unpaired) electrons. The Balaban J connectivity index is 2.27. The van der Waals surface area contributed by atoms with E-state index in [0.29, 0.717) is 19.4 Å². The van der Waals surface area contributed by atoms with Gasteiger partial charge in [0.1, 0.15) is 5.41 Å². The van der Waals surface area contributed by atoms with Gasteiger partial charge in [-0.15, -0.1) is 0 Å². The minimum Gasteiger partial charge on any atom is -0.465 e.